The molecular formula is C12H16BBrN2O2. The Labute approximate surface area is 116 Å². The van der Waals surface area contributed by atoms with Gasteiger partial charge in [0.15, 0.2) is 0 Å². The second-order valence-corrected chi connectivity index (χ2v) is 4.60. The fraction of sp³-hybridized carbons (Fsp3) is 0.333. The van der Waals surface area contributed by atoms with Crippen LogP contribution in [0.2, 0.25) is 6.32 Å². The smallest absolute Gasteiger partial charge is 0.251 e. The minimum Gasteiger partial charge on any atom is -0.350 e. The number of nitrogens with one attached hydrogen (secondary N) is 2. The fourth-order valence-corrected chi connectivity index (χ4v) is 1.45. The van der Waals surface area contributed by atoms with Gasteiger partial charge in [-0.3, -0.25) is 9.59 Å². The Morgan fingerprint density at radius 1 is 1.33 bits per heavy atom. The second-order valence-electron chi connectivity index (χ2n) is 4.04. The molecule has 0 radical (unpaired) electrons. The first-order valence-electron chi connectivity index (χ1n) is 5.83. The molecule has 0 unspecified atom stereocenters. The molecule has 0 heterocycles. The summed E-state index contributed by atoms with van der Waals surface area (Å²) in [4.78, 5) is 22.9. The molecule has 0 aliphatic heterocycles. The maximum atomic E-state index is 11.8. The first kappa shape index (κ1) is 14.8. The van der Waals surface area contributed by atoms with Crippen molar-refractivity contribution < 1.29 is 9.59 Å². The molecular weight excluding hydrogens is 295 g/mol. The van der Waals surface area contributed by atoms with E-state index in [0.29, 0.717) is 11.3 Å². The van der Waals surface area contributed by atoms with E-state index in [1.54, 1.807) is 24.3 Å². The number of anilines is 1. The van der Waals surface area contributed by atoms with Crippen LogP contribution in [-0.4, -0.2) is 31.0 Å². The van der Waals surface area contributed by atoms with Gasteiger partial charge in [-0.15, -0.1) is 0 Å². The third-order valence-corrected chi connectivity index (χ3v) is 3.05. The van der Waals surface area contributed by atoms with Crippen LogP contribution in [0, 0.1) is 0 Å². The molecule has 0 spiro atoms. The van der Waals surface area contributed by atoms with Crippen molar-refractivity contribution in [2.75, 3.05) is 10.6 Å². The maximum absolute atomic E-state index is 11.8. The molecule has 0 aliphatic carbocycles. The van der Waals surface area contributed by atoms with Crippen LogP contribution in [0.25, 0.3) is 0 Å². The van der Waals surface area contributed by atoms with E-state index in [-0.39, 0.29) is 23.2 Å². The molecule has 2 amide bonds. The van der Waals surface area contributed by atoms with Crippen molar-refractivity contribution >= 4 is 41.3 Å². The third kappa shape index (κ3) is 4.53. The van der Waals surface area contributed by atoms with Gasteiger partial charge in [0.2, 0.25) is 5.91 Å². The minimum atomic E-state index is -0.119. The molecule has 6 heteroatoms. The largest absolute Gasteiger partial charge is 0.350 e. The number of hydrogen-bond donors (Lipinski definition) is 2. The highest BCUT2D eigenvalue weighted by Crippen LogP contribution is 2.10. The molecule has 1 atom stereocenters. The summed E-state index contributed by atoms with van der Waals surface area (Å²) < 4.78 is 0. The molecule has 0 saturated carbocycles. The van der Waals surface area contributed by atoms with Crippen LogP contribution in [0.15, 0.2) is 24.3 Å². The molecule has 1 rings (SSSR count). The number of carbonyl (C=O) groups excluding carboxylic acids is 2. The lowest BCUT2D eigenvalue weighted by Gasteiger charge is -2.11. The van der Waals surface area contributed by atoms with E-state index in [1.807, 2.05) is 14.8 Å². The van der Waals surface area contributed by atoms with Crippen molar-refractivity contribution in [3.63, 3.8) is 0 Å². The molecule has 0 bridgehead atoms. The van der Waals surface area contributed by atoms with Crippen LogP contribution >= 0.6 is 15.9 Å². The molecule has 0 aromatic heterocycles. The monoisotopic (exact) mass is 310 g/mol. The molecule has 0 saturated heterocycles. The number of alkyl halides is 1. The van der Waals surface area contributed by atoms with Crippen LogP contribution in [-0.2, 0) is 4.79 Å². The summed E-state index contributed by atoms with van der Waals surface area (Å²) >= 11 is 3.07. The van der Waals surface area contributed by atoms with Gasteiger partial charge in [-0.2, -0.15) is 0 Å². The number of rotatable bonds is 5. The number of carbonyl (C=O) groups is 2. The van der Waals surface area contributed by atoms with E-state index in [2.05, 4.69) is 26.6 Å². The van der Waals surface area contributed by atoms with Crippen molar-refractivity contribution in [1.29, 1.82) is 0 Å². The van der Waals surface area contributed by atoms with E-state index in [9.17, 15) is 9.59 Å². The van der Waals surface area contributed by atoms with Gasteiger partial charge in [0.25, 0.3) is 5.91 Å². The summed E-state index contributed by atoms with van der Waals surface area (Å²) in [5, 5.41) is 5.83. The van der Waals surface area contributed by atoms with E-state index >= 15 is 0 Å². The summed E-state index contributed by atoms with van der Waals surface area (Å²) in [6, 6.07) is 6.98. The number of benzene rings is 1. The Bertz CT molecular complexity index is 423. The van der Waals surface area contributed by atoms with Gasteiger partial charge in [0, 0.05) is 17.3 Å². The number of amides is 2. The SMILES string of the molecule is BC[C@@H](C)NC(=O)c1ccc(NC(=O)CBr)cc1. The summed E-state index contributed by atoms with van der Waals surface area (Å²) in [5.74, 6) is -0.213. The third-order valence-electron chi connectivity index (χ3n) is 2.54. The molecule has 4 nitrogen and oxygen atoms in total. The lowest BCUT2D eigenvalue weighted by molar-refractivity contribution is -0.113. The average Bonchev–Trinajstić information content (AvgIpc) is 2.39. The Morgan fingerprint density at radius 3 is 2.44 bits per heavy atom. The molecule has 0 fully saturated rings. The van der Waals surface area contributed by atoms with Gasteiger partial charge in [0.05, 0.1) is 5.33 Å². The van der Waals surface area contributed by atoms with E-state index in [1.165, 1.54) is 0 Å². The highest BCUT2D eigenvalue weighted by Gasteiger charge is 2.08. The van der Waals surface area contributed by atoms with Crippen molar-refractivity contribution in [2.24, 2.45) is 0 Å². The van der Waals surface area contributed by atoms with E-state index in [0.717, 1.165) is 6.32 Å². The van der Waals surface area contributed by atoms with Gasteiger partial charge in [0.1, 0.15) is 7.85 Å². The fourth-order valence-electron chi connectivity index (χ4n) is 1.31. The van der Waals surface area contributed by atoms with Crippen molar-refractivity contribution in [2.45, 2.75) is 19.3 Å². The van der Waals surface area contributed by atoms with Gasteiger partial charge in [-0.25, -0.2) is 0 Å². The first-order valence-corrected chi connectivity index (χ1v) is 6.95. The molecule has 96 valence electrons. The summed E-state index contributed by atoms with van der Waals surface area (Å²) in [7, 11) is 2.02. The van der Waals surface area contributed by atoms with Gasteiger partial charge in [-0.1, -0.05) is 22.3 Å². The molecule has 1 aromatic rings. The van der Waals surface area contributed by atoms with Crippen molar-refractivity contribution in [3.05, 3.63) is 29.8 Å². The highest BCUT2D eigenvalue weighted by molar-refractivity contribution is 9.09. The van der Waals surface area contributed by atoms with Crippen LogP contribution in [0.1, 0.15) is 17.3 Å². The van der Waals surface area contributed by atoms with E-state index in [4.69, 9.17) is 0 Å². The summed E-state index contributed by atoms with van der Waals surface area (Å²) in [5.41, 5.74) is 1.27. The lowest BCUT2D eigenvalue weighted by Crippen LogP contribution is -2.32. The van der Waals surface area contributed by atoms with Crippen molar-refractivity contribution in [1.82, 2.24) is 5.32 Å². The van der Waals surface area contributed by atoms with Crippen LogP contribution in [0.5, 0.6) is 0 Å². The topological polar surface area (TPSA) is 58.2 Å². The first-order chi connectivity index (χ1) is 8.56. The van der Waals surface area contributed by atoms with Gasteiger partial charge < -0.3 is 10.6 Å². The lowest BCUT2D eigenvalue weighted by atomic mass is 9.98. The molecule has 18 heavy (non-hydrogen) atoms. The summed E-state index contributed by atoms with van der Waals surface area (Å²) in [6.07, 6.45) is 0.894. The standard InChI is InChI=1S/C12H16BBrN2O2/c1-8(6-13)15-12(18)9-2-4-10(5-3-9)16-11(17)7-14/h2-5,8H,6-7,13H2,1H3,(H,15,18)(H,16,17)/t8-/m1/s1. The zero-order valence-electron chi connectivity index (χ0n) is 10.5. The summed E-state index contributed by atoms with van der Waals surface area (Å²) in [6.45, 7) is 1.96. The highest BCUT2D eigenvalue weighted by atomic mass is 79.9. The average molecular weight is 311 g/mol. The zero-order chi connectivity index (χ0) is 13.5. The van der Waals surface area contributed by atoms with Crippen LogP contribution < -0.4 is 10.6 Å². The predicted molar refractivity (Wildman–Crippen MR) is 79.1 cm³/mol. The second kappa shape index (κ2) is 7.21. The molecule has 0 aliphatic rings. The Kier molecular flexibility index (Phi) is 5.91. The van der Waals surface area contributed by atoms with Gasteiger partial charge in [-0.05, 0) is 31.2 Å². The van der Waals surface area contributed by atoms with Crippen molar-refractivity contribution in [3.8, 4) is 0 Å². The molecule has 2 N–H and O–H groups in total. The molecule has 1 aromatic carbocycles. The Balaban J connectivity index is 2.65. The minimum absolute atomic E-state index is 0.0947. The normalized spacial score (nSPS) is 11.7. The number of hydrogen-bond acceptors (Lipinski definition) is 2. The Hall–Kier alpha value is -1.30. The zero-order valence-corrected chi connectivity index (χ0v) is 12.1. The van der Waals surface area contributed by atoms with Crippen LogP contribution in [0.3, 0.4) is 0 Å². The maximum Gasteiger partial charge on any atom is 0.251 e. The quantitative estimate of drug-likeness (QED) is 0.634. The predicted octanol–water partition coefficient (Wildman–Crippen LogP) is 1.19. The van der Waals surface area contributed by atoms with Gasteiger partial charge >= 0.3 is 0 Å². The Morgan fingerprint density at radius 2 is 1.94 bits per heavy atom. The van der Waals surface area contributed by atoms with E-state index < -0.39 is 0 Å². The van der Waals surface area contributed by atoms with Crippen LogP contribution in [0.4, 0.5) is 5.69 Å². The number of halogens is 1.